The highest BCUT2D eigenvalue weighted by molar-refractivity contribution is 5.84. The van der Waals surface area contributed by atoms with Gasteiger partial charge in [-0.05, 0) is 39.5 Å². The number of aromatic nitrogens is 1. The van der Waals surface area contributed by atoms with E-state index in [2.05, 4.69) is 5.16 Å². The Bertz CT molecular complexity index is 514. The summed E-state index contributed by atoms with van der Waals surface area (Å²) in [5.41, 5.74) is 1.73. The second-order valence-corrected chi connectivity index (χ2v) is 6.46. The van der Waals surface area contributed by atoms with Gasteiger partial charge in [0.05, 0.1) is 23.8 Å². The first-order valence-electron chi connectivity index (χ1n) is 7.82. The fourth-order valence-electron chi connectivity index (χ4n) is 3.88. The van der Waals surface area contributed by atoms with Crippen molar-refractivity contribution in [2.24, 2.45) is 5.41 Å². The first-order chi connectivity index (χ1) is 10.1. The molecule has 2 fully saturated rings. The summed E-state index contributed by atoms with van der Waals surface area (Å²) < 4.78 is 10.6. The Morgan fingerprint density at radius 2 is 2.19 bits per heavy atom. The van der Waals surface area contributed by atoms with E-state index in [4.69, 9.17) is 9.26 Å². The van der Waals surface area contributed by atoms with Crippen LogP contribution in [0.2, 0.25) is 0 Å². The number of methoxy groups -OCH3 is 1. The number of carbonyl (C=O) groups excluding carboxylic acids is 1. The molecule has 0 spiro atoms. The number of hydrogen-bond acceptors (Lipinski definition) is 4. The molecule has 1 atom stereocenters. The lowest BCUT2D eigenvalue weighted by Gasteiger charge is -2.43. The van der Waals surface area contributed by atoms with Crippen molar-refractivity contribution in [2.45, 2.75) is 52.0 Å². The van der Waals surface area contributed by atoms with Crippen LogP contribution in [0, 0.1) is 19.3 Å². The highest BCUT2D eigenvalue weighted by atomic mass is 16.5. The van der Waals surface area contributed by atoms with Gasteiger partial charge < -0.3 is 14.2 Å². The molecule has 0 radical (unpaired) electrons. The minimum absolute atomic E-state index is 0.123. The second-order valence-electron chi connectivity index (χ2n) is 6.46. The van der Waals surface area contributed by atoms with Crippen LogP contribution in [0.25, 0.3) is 0 Å². The molecule has 1 aliphatic heterocycles. The standard InChI is InChI=1S/C16H24N2O3/c1-11-14(12(2)21-17-11)13-6-4-9-18(13)15(19)16(10-20-3)7-5-8-16/h13H,4-10H2,1-3H3/t13-/m0/s1. The quantitative estimate of drug-likeness (QED) is 0.856. The predicted molar refractivity (Wildman–Crippen MR) is 77.8 cm³/mol. The van der Waals surface area contributed by atoms with Crippen LogP contribution < -0.4 is 0 Å². The van der Waals surface area contributed by atoms with Crippen molar-refractivity contribution < 1.29 is 14.1 Å². The predicted octanol–water partition coefficient (Wildman–Crippen LogP) is 2.77. The summed E-state index contributed by atoms with van der Waals surface area (Å²) in [6.45, 7) is 5.27. The highest BCUT2D eigenvalue weighted by Gasteiger charge is 2.49. The van der Waals surface area contributed by atoms with Gasteiger partial charge in [-0.2, -0.15) is 0 Å². The van der Waals surface area contributed by atoms with Crippen molar-refractivity contribution in [2.75, 3.05) is 20.3 Å². The van der Waals surface area contributed by atoms with E-state index in [0.29, 0.717) is 6.61 Å². The lowest BCUT2D eigenvalue weighted by Crippen LogP contribution is -2.50. The molecular weight excluding hydrogens is 268 g/mol. The van der Waals surface area contributed by atoms with Gasteiger partial charge in [-0.1, -0.05) is 11.6 Å². The van der Waals surface area contributed by atoms with Crippen LogP contribution in [-0.4, -0.2) is 36.2 Å². The van der Waals surface area contributed by atoms with E-state index < -0.39 is 0 Å². The Hall–Kier alpha value is -1.36. The summed E-state index contributed by atoms with van der Waals surface area (Å²) in [6.07, 6.45) is 5.06. The molecule has 0 unspecified atom stereocenters. The Kier molecular flexibility index (Phi) is 3.78. The number of hydrogen-bond donors (Lipinski definition) is 0. The molecule has 1 amide bonds. The number of rotatable bonds is 4. The van der Waals surface area contributed by atoms with Crippen molar-refractivity contribution >= 4 is 5.91 Å². The van der Waals surface area contributed by atoms with Crippen molar-refractivity contribution in [1.29, 1.82) is 0 Å². The van der Waals surface area contributed by atoms with Gasteiger partial charge in [-0.25, -0.2) is 0 Å². The van der Waals surface area contributed by atoms with Crippen molar-refractivity contribution in [3.63, 3.8) is 0 Å². The van der Waals surface area contributed by atoms with Gasteiger partial charge in [0.25, 0.3) is 0 Å². The smallest absolute Gasteiger partial charge is 0.231 e. The largest absolute Gasteiger partial charge is 0.384 e. The zero-order valence-corrected chi connectivity index (χ0v) is 13.1. The van der Waals surface area contributed by atoms with Crippen molar-refractivity contribution in [1.82, 2.24) is 10.1 Å². The number of nitrogens with zero attached hydrogens (tertiary/aromatic N) is 2. The maximum atomic E-state index is 13.1. The fourth-order valence-corrected chi connectivity index (χ4v) is 3.88. The highest BCUT2D eigenvalue weighted by Crippen LogP contribution is 2.46. The number of aryl methyl sites for hydroxylation is 2. The number of amides is 1. The Morgan fingerprint density at radius 1 is 1.43 bits per heavy atom. The maximum absolute atomic E-state index is 13.1. The summed E-state index contributed by atoms with van der Waals surface area (Å²) in [7, 11) is 1.68. The van der Waals surface area contributed by atoms with E-state index in [0.717, 1.165) is 55.7 Å². The zero-order valence-electron chi connectivity index (χ0n) is 13.1. The van der Waals surface area contributed by atoms with Crippen LogP contribution in [-0.2, 0) is 9.53 Å². The van der Waals surface area contributed by atoms with Crippen molar-refractivity contribution in [3.05, 3.63) is 17.0 Å². The van der Waals surface area contributed by atoms with E-state index in [1.807, 2.05) is 18.7 Å². The van der Waals surface area contributed by atoms with E-state index in [1.165, 1.54) is 0 Å². The molecule has 5 nitrogen and oxygen atoms in total. The third-order valence-electron chi connectivity index (χ3n) is 5.12. The summed E-state index contributed by atoms with van der Waals surface area (Å²) >= 11 is 0. The van der Waals surface area contributed by atoms with Crippen LogP contribution in [0.3, 0.4) is 0 Å². The van der Waals surface area contributed by atoms with E-state index in [1.54, 1.807) is 7.11 Å². The molecule has 1 aliphatic carbocycles. The van der Waals surface area contributed by atoms with Gasteiger partial charge in [0, 0.05) is 19.2 Å². The Morgan fingerprint density at radius 3 is 2.71 bits per heavy atom. The van der Waals surface area contributed by atoms with Crippen LogP contribution in [0.15, 0.2) is 4.52 Å². The van der Waals surface area contributed by atoms with Crippen LogP contribution in [0.4, 0.5) is 0 Å². The molecule has 116 valence electrons. The molecule has 1 aromatic rings. The molecule has 1 aromatic heterocycles. The lowest BCUT2D eigenvalue weighted by molar-refractivity contribution is -0.153. The van der Waals surface area contributed by atoms with Crippen LogP contribution >= 0.6 is 0 Å². The summed E-state index contributed by atoms with van der Waals surface area (Å²) in [5.74, 6) is 1.10. The van der Waals surface area contributed by atoms with E-state index in [-0.39, 0.29) is 17.4 Å². The molecule has 3 rings (SSSR count). The maximum Gasteiger partial charge on any atom is 0.231 e. The molecule has 0 bridgehead atoms. The number of likely N-dealkylation sites (tertiary alicyclic amines) is 1. The molecule has 5 heteroatoms. The molecule has 0 N–H and O–H groups in total. The van der Waals surface area contributed by atoms with Gasteiger partial charge in [0.2, 0.25) is 5.91 Å². The molecule has 0 aromatic carbocycles. The first kappa shape index (κ1) is 14.6. The zero-order chi connectivity index (χ0) is 15.0. The topological polar surface area (TPSA) is 55.6 Å². The van der Waals surface area contributed by atoms with E-state index in [9.17, 15) is 4.79 Å². The average Bonchev–Trinajstić information content (AvgIpc) is 3.00. The Labute approximate surface area is 125 Å². The van der Waals surface area contributed by atoms with Crippen LogP contribution in [0.5, 0.6) is 0 Å². The molecule has 21 heavy (non-hydrogen) atoms. The Balaban J connectivity index is 1.86. The number of carbonyl (C=O) groups is 1. The molecule has 1 saturated heterocycles. The summed E-state index contributed by atoms with van der Waals surface area (Å²) in [5, 5.41) is 4.05. The summed E-state index contributed by atoms with van der Waals surface area (Å²) in [6, 6.07) is 0.123. The monoisotopic (exact) mass is 292 g/mol. The SMILES string of the molecule is COCC1(C(=O)N2CCC[C@H]2c2c(C)noc2C)CCC1. The second kappa shape index (κ2) is 5.44. The van der Waals surface area contributed by atoms with Gasteiger partial charge in [0.1, 0.15) is 5.76 Å². The van der Waals surface area contributed by atoms with Gasteiger partial charge >= 0.3 is 0 Å². The molecule has 2 aliphatic rings. The third-order valence-corrected chi connectivity index (χ3v) is 5.12. The van der Waals surface area contributed by atoms with Gasteiger partial charge in [-0.15, -0.1) is 0 Å². The van der Waals surface area contributed by atoms with Gasteiger partial charge in [-0.3, -0.25) is 4.79 Å². The van der Waals surface area contributed by atoms with Gasteiger partial charge in [0.15, 0.2) is 0 Å². The van der Waals surface area contributed by atoms with Crippen molar-refractivity contribution in [3.8, 4) is 0 Å². The summed E-state index contributed by atoms with van der Waals surface area (Å²) in [4.78, 5) is 15.1. The normalized spacial score (nSPS) is 24.1. The van der Waals surface area contributed by atoms with Crippen LogP contribution in [0.1, 0.15) is 55.2 Å². The average molecular weight is 292 g/mol. The fraction of sp³-hybridized carbons (Fsp3) is 0.750. The minimum atomic E-state index is -0.281. The molecular formula is C16H24N2O3. The third kappa shape index (κ3) is 2.27. The lowest BCUT2D eigenvalue weighted by atomic mass is 9.68. The minimum Gasteiger partial charge on any atom is -0.384 e. The molecule has 1 saturated carbocycles. The first-order valence-corrected chi connectivity index (χ1v) is 7.82. The number of ether oxygens (including phenoxy) is 1. The van der Waals surface area contributed by atoms with E-state index >= 15 is 0 Å². The molecule has 2 heterocycles.